The van der Waals surface area contributed by atoms with Crippen molar-refractivity contribution in [2.24, 2.45) is 0 Å². The van der Waals surface area contributed by atoms with Crippen LogP contribution in [-0.4, -0.2) is 26.7 Å². The van der Waals surface area contributed by atoms with Gasteiger partial charge in [-0.3, -0.25) is 14.4 Å². The van der Waals surface area contributed by atoms with E-state index in [2.05, 4.69) is 0 Å². The Morgan fingerprint density at radius 2 is 1.46 bits per heavy atom. The van der Waals surface area contributed by atoms with Gasteiger partial charge in [-0.1, -0.05) is 6.07 Å². The first-order chi connectivity index (χ1) is 11.1. The van der Waals surface area contributed by atoms with Gasteiger partial charge in [-0.05, 0) is 24.5 Å². The number of rotatable bonds is 7. The Morgan fingerprint density at radius 1 is 0.958 bits per heavy atom. The van der Waals surface area contributed by atoms with Gasteiger partial charge in [0.05, 0.1) is 6.04 Å². The van der Waals surface area contributed by atoms with Crippen molar-refractivity contribution in [1.29, 1.82) is 0 Å². The van der Waals surface area contributed by atoms with E-state index in [1.165, 1.54) is 6.07 Å². The maximum Gasteiger partial charge on any atom is 0.705 e. The van der Waals surface area contributed by atoms with Gasteiger partial charge in [0.25, 0.3) is 17.9 Å². The van der Waals surface area contributed by atoms with E-state index in [9.17, 15) is 23.2 Å². The average Bonchev–Trinajstić information content (AvgIpc) is 2.38. The van der Waals surface area contributed by atoms with E-state index < -0.39 is 38.3 Å². The predicted octanol–water partition coefficient (Wildman–Crippen LogP) is 2.53. The number of carbonyl (C=O) groups excluding carboxylic acids is 3. The van der Waals surface area contributed by atoms with Crippen molar-refractivity contribution in [1.82, 2.24) is 0 Å². The third-order valence-corrected chi connectivity index (χ3v) is 5.60. The van der Waals surface area contributed by atoms with E-state index in [0.29, 0.717) is 0 Å². The molecule has 0 spiro atoms. The molecule has 0 saturated heterocycles. The van der Waals surface area contributed by atoms with E-state index in [1.54, 1.807) is 0 Å². The van der Waals surface area contributed by atoms with Crippen LogP contribution in [0.3, 0.4) is 0 Å². The second kappa shape index (κ2) is 8.53. The molecule has 9 heteroatoms. The molecule has 0 aliphatic carbocycles. The number of aryl methyl sites for hydroxylation is 1. The summed E-state index contributed by atoms with van der Waals surface area (Å²) >= 11 is 0. The largest absolute Gasteiger partial charge is 0.705 e. The Morgan fingerprint density at radius 3 is 1.88 bits per heavy atom. The lowest BCUT2D eigenvalue weighted by Gasteiger charge is -2.26. The molecule has 0 amide bonds. The standard InChI is InChI=1S/C15H18F2O6Si/c1-10(18)21-24(22-11(2)19,23-12(3)20)8-4-5-13-6-7-14(16)9-15(13)17/h6-7,9H,4-5,8H2,1-3H3. The van der Waals surface area contributed by atoms with Crippen molar-refractivity contribution in [3.05, 3.63) is 35.4 Å². The molecule has 0 atom stereocenters. The molecule has 1 aromatic rings. The van der Waals surface area contributed by atoms with Crippen molar-refractivity contribution in [2.75, 3.05) is 0 Å². The van der Waals surface area contributed by atoms with Gasteiger partial charge in [0.1, 0.15) is 11.6 Å². The van der Waals surface area contributed by atoms with Gasteiger partial charge in [0, 0.05) is 26.8 Å². The fraction of sp³-hybridized carbons (Fsp3) is 0.400. The van der Waals surface area contributed by atoms with Crippen LogP contribution in [-0.2, 0) is 34.1 Å². The summed E-state index contributed by atoms with van der Waals surface area (Å²) in [7, 11) is -3.91. The van der Waals surface area contributed by atoms with Crippen molar-refractivity contribution in [3.8, 4) is 0 Å². The van der Waals surface area contributed by atoms with Gasteiger partial charge in [0.2, 0.25) is 0 Å². The number of hydrogen-bond acceptors (Lipinski definition) is 6. The summed E-state index contributed by atoms with van der Waals surface area (Å²) in [5.41, 5.74) is 0.243. The van der Waals surface area contributed by atoms with E-state index in [4.69, 9.17) is 13.3 Å². The van der Waals surface area contributed by atoms with E-state index in [0.717, 1.165) is 32.9 Å². The van der Waals surface area contributed by atoms with Gasteiger partial charge < -0.3 is 13.3 Å². The lowest BCUT2D eigenvalue weighted by atomic mass is 10.1. The maximum atomic E-state index is 13.6. The van der Waals surface area contributed by atoms with Crippen LogP contribution in [0.4, 0.5) is 8.78 Å². The van der Waals surface area contributed by atoms with E-state index in [-0.39, 0.29) is 24.4 Å². The Kier molecular flexibility index (Phi) is 7.02. The van der Waals surface area contributed by atoms with Crippen LogP contribution in [0, 0.1) is 11.6 Å². The van der Waals surface area contributed by atoms with Crippen LogP contribution < -0.4 is 0 Å². The molecule has 1 rings (SSSR count). The molecule has 0 bridgehead atoms. The molecule has 24 heavy (non-hydrogen) atoms. The van der Waals surface area contributed by atoms with Crippen LogP contribution >= 0.6 is 0 Å². The van der Waals surface area contributed by atoms with Gasteiger partial charge >= 0.3 is 8.80 Å². The highest BCUT2D eigenvalue weighted by atomic mass is 28.4. The summed E-state index contributed by atoms with van der Waals surface area (Å²) in [6.45, 7) is 3.27. The highest BCUT2D eigenvalue weighted by Crippen LogP contribution is 2.22. The number of benzene rings is 1. The highest BCUT2D eigenvalue weighted by Gasteiger charge is 2.51. The zero-order valence-corrected chi connectivity index (χ0v) is 14.6. The Balaban J connectivity index is 2.87. The molecule has 0 unspecified atom stereocenters. The molecule has 0 heterocycles. The van der Waals surface area contributed by atoms with Gasteiger partial charge in [-0.25, -0.2) is 8.78 Å². The topological polar surface area (TPSA) is 78.9 Å². The Labute approximate surface area is 139 Å². The average molecular weight is 360 g/mol. The molecule has 1 aromatic carbocycles. The lowest BCUT2D eigenvalue weighted by Crippen LogP contribution is -2.49. The summed E-state index contributed by atoms with van der Waals surface area (Å²) in [6, 6.07) is 3.09. The number of hydrogen-bond donors (Lipinski definition) is 0. The zero-order chi connectivity index (χ0) is 18.3. The minimum absolute atomic E-state index is 0.0669. The summed E-state index contributed by atoms with van der Waals surface area (Å²) < 4.78 is 41.5. The van der Waals surface area contributed by atoms with Crippen molar-refractivity contribution in [2.45, 2.75) is 39.7 Å². The maximum absolute atomic E-state index is 13.6. The zero-order valence-electron chi connectivity index (χ0n) is 13.6. The van der Waals surface area contributed by atoms with Crippen molar-refractivity contribution >= 4 is 26.7 Å². The van der Waals surface area contributed by atoms with Gasteiger partial charge in [0.15, 0.2) is 0 Å². The van der Waals surface area contributed by atoms with Gasteiger partial charge in [-0.15, -0.1) is 0 Å². The second-order valence-corrected chi connectivity index (χ2v) is 7.53. The molecule has 0 radical (unpaired) electrons. The molecule has 0 aliphatic heterocycles. The highest BCUT2D eigenvalue weighted by molar-refractivity contribution is 6.65. The Hall–Kier alpha value is -2.29. The SMILES string of the molecule is CC(=O)O[Si](CCCc1ccc(F)cc1F)(OC(C)=O)OC(C)=O. The molecular formula is C15H18F2O6Si. The van der Waals surface area contributed by atoms with Gasteiger partial charge in [-0.2, -0.15) is 0 Å². The van der Waals surface area contributed by atoms with Crippen LogP contribution in [0.5, 0.6) is 0 Å². The molecule has 0 N–H and O–H groups in total. The van der Waals surface area contributed by atoms with Crippen molar-refractivity contribution in [3.63, 3.8) is 0 Å². The Bertz CT molecular complexity index is 594. The summed E-state index contributed by atoms with van der Waals surface area (Å²) in [4.78, 5) is 33.8. The van der Waals surface area contributed by atoms with Crippen LogP contribution in [0.1, 0.15) is 32.8 Å². The lowest BCUT2D eigenvalue weighted by molar-refractivity contribution is -0.147. The number of carbonyl (C=O) groups is 3. The summed E-state index contributed by atoms with van der Waals surface area (Å²) in [6.07, 6.45) is 0.354. The normalized spacial score (nSPS) is 10.9. The molecule has 0 fully saturated rings. The second-order valence-electron chi connectivity index (χ2n) is 5.05. The van der Waals surface area contributed by atoms with E-state index >= 15 is 0 Å². The fourth-order valence-electron chi connectivity index (χ4n) is 2.09. The van der Waals surface area contributed by atoms with E-state index in [1.807, 2.05) is 0 Å². The smallest absolute Gasteiger partial charge is 0.455 e. The summed E-state index contributed by atoms with van der Waals surface area (Å²) in [5.74, 6) is -3.71. The number of halogens is 2. The van der Waals surface area contributed by atoms with Crippen LogP contribution in [0.15, 0.2) is 18.2 Å². The first-order valence-corrected chi connectivity index (χ1v) is 9.09. The first-order valence-electron chi connectivity index (χ1n) is 7.16. The quantitative estimate of drug-likeness (QED) is 0.695. The molecule has 0 aliphatic rings. The van der Waals surface area contributed by atoms with Crippen molar-refractivity contribution < 1.29 is 36.4 Å². The fourth-order valence-corrected chi connectivity index (χ4v) is 4.45. The van der Waals surface area contributed by atoms with Crippen LogP contribution in [0.25, 0.3) is 0 Å². The molecular weight excluding hydrogens is 342 g/mol. The molecule has 6 nitrogen and oxygen atoms in total. The first kappa shape index (κ1) is 19.8. The summed E-state index contributed by atoms with van der Waals surface area (Å²) in [5, 5.41) is 0. The third kappa shape index (κ3) is 6.45. The monoisotopic (exact) mass is 360 g/mol. The van der Waals surface area contributed by atoms with Crippen LogP contribution in [0.2, 0.25) is 6.04 Å². The third-order valence-electron chi connectivity index (χ3n) is 2.84. The minimum Gasteiger partial charge on any atom is -0.455 e. The molecule has 132 valence electrons. The minimum atomic E-state index is -3.91. The molecule has 0 saturated carbocycles. The predicted molar refractivity (Wildman–Crippen MR) is 80.5 cm³/mol. The molecule has 0 aromatic heterocycles.